The molecule has 0 aliphatic carbocycles. The molecule has 0 saturated heterocycles. The Labute approximate surface area is 97.1 Å². The zero-order valence-electron chi connectivity index (χ0n) is 10.7. The summed E-state index contributed by atoms with van der Waals surface area (Å²) in [7, 11) is 0. The highest BCUT2D eigenvalue weighted by atomic mass is 32.1. The van der Waals surface area contributed by atoms with Crippen molar-refractivity contribution in [3.63, 3.8) is 0 Å². The number of aryl methyl sites for hydroxylation is 1. The van der Waals surface area contributed by atoms with Gasteiger partial charge in [0.05, 0.1) is 0 Å². The van der Waals surface area contributed by atoms with Gasteiger partial charge in [-0.05, 0) is 11.8 Å². The lowest BCUT2D eigenvalue weighted by molar-refractivity contribution is 0.377. The minimum Gasteiger partial charge on any atom is -0.144 e. The fraction of sp³-hybridized carbons (Fsp3) is 0.833. The summed E-state index contributed by atoms with van der Waals surface area (Å²) in [4.78, 5) is 0. The van der Waals surface area contributed by atoms with E-state index in [9.17, 15) is 0 Å². The third-order valence-electron chi connectivity index (χ3n) is 2.20. The Morgan fingerprint density at radius 1 is 1.00 bits per heavy atom. The van der Waals surface area contributed by atoms with Crippen LogP contribution in [0.25, 0.3) is 0 Å². The van der Waals surface area contributed by atoms with Crippen LogP contribution in [0.3, 0.4) is 0 Å². The maximum atomic E-state index is 4.26. The van der Waals surface area contributed by atoms with Crippen molar-refractivity contribution in [2.24, 2.45) is 5.41 Å². The summed E-state index contributed by atoms with van der Waals surface area (Å²) in [6.45, 7) is 13.3. The number of hydrogen-bond donors (Lipinski definition) is 0. The van der Waals surface area contributed by atoms with Crippen molar-refractivity contribution < 1.29 is 0 Å². The fourth-order valence-corrected chi connectivity index (χ4v) is 2.04. The van der Waals surface area contributed by atoms with Gasteiger partial charge in [0.1, 0.15) is 10.0 Å². The van der Waals surface area contributed by atoms with Gasteiger partial charge in [0, 0.05) is 11.8 Å². The standard InChI is InChI=1S/C12H22N2S/c1-11(2,3)8-7-9-13-14-10(15-9)12(4,5)6/h7-8H2,1-6H3. The van der Waals surface area contributed by atoms with E-state index in [1.807, 2.05) is 0 Å². The van der Waals surface area contributed by atoms with E-state index in [1.165, 1.54) is 11.4 Å². The maximum Gasteiger partial charge on any atom is 0.122 e. The highest BCUT2D eigenvalue weighted by molar-refractivity contribution is 7.11. The summed E-state index contributed by atoms with van der Waals surface area (Å²) >= 11 is 1.76. The van der Waals surface area contributed by atoms with Gasteiger partial charge in [0.25, 0.3) is 0 Å². The molecule has 86 valence electrons. The molecule has 1 aromatic heterocycles. The summed E-state index contributed by atoms with van der Waals surface area (Å²) in [5.41, 5.74) is 0.519. The van der Waals surface area contributed by atoms with Crippen LogP contribution in [0.1, 0.15) is 58.0 Å². The second kappa shape index (κ2) is 4.20. The normalized spacial score (nSPS) is 13.2. The molecule has 0 aliphatic rings. The molecule has 0 saturated carbocycles. The first kappa shape index (κ1) is 12.6. The molecule has 2 nitrogen and oxygen atoms in total. The predicted octanol–water partition coefficient (Wildman–Crippen LogP) is 3.81. The third kappa shape index (κ3) is 4.29. The van der Waals surface area contributed by atoms with E-state index in [2.05, 4.69) is 51.7 Å². The molecular formula is C12H22N2S. The number of hydrogen-bond acceptors (Lipinski definition) is 3. The molecule has 3 heteroatoms. The van der Waals surface area contributed by atoms with Gasteiger partial charge in [-0.1, -0.05) is 41.5 Å². The lowest BCUT2D eigenvalue weighted by Crippen LogP contribution is -2.10. The van der Waals surface area contributed by atoms with Gasteiger partial charge in [-0.2, -0.15) is 0 Å². The Kier molecular flexibility index (Phi) is 3.54. The fourth-order valence-electron chi connectivity index (χ4n) is 1.14. The van der Waals surface area contributed by atoms with Gasteiger partial charge >= 0.3 is 0 Å². The van der Waals surface area contributed by atoms with Crippen molar-refractivity contribution in [1.29, 1.82) is 0 Å². The second-order valence-electron chi connectivity index (χ2n) is 6.31. The molecule has 0 atom stereocenters. The second-order valence-corrected chi connectivity index (χ2v) is 7.37. The van der Waals surface area contributed by atoms with Gasteiger partial charge < -0.3 is 0 Å². The predicted molar refractivity (Wildman–Crippen MR) is 66.4 cm³/mol. The molecule has 0 N–H and O–H groups in total. The van der Waals surface area contributed by atoms with Crippen LogP contribution in [0.15, 0.2) is 0 Å². The van der Waals surface area contributed by atoms with E-state index >= 15 is 0 Å². The van der Waals surface area contributed by atoms with Crippen molar-refractivity contribution >= 4 is 11.3 Å². The van der Waals surface area contributed by atoms with E-state index in [0.717, 1.165) is 11.4 Å². The SMILES string of the molecule is CC(C)(C)CCc1nnc(C(C)(C)C)s1. The summed E-state index contributed by atoms with van der Waals surface area (Å²) < 4.78 is 0. The molecule has 15 heavy (non-hydrogen) atoms. The maximum absolute atomic E-state index is 4.26. The van der Waals surface area contributed by atoms with E-state index < -0.39 is 0 Å². The smallest absolute Gasteiger partial charge is 0.122 e. The van der Waals surface area contributed by atoms with Crippen LogP contribution in [0.2, 0.25) is 0 Å². The van der Waals surface area contributed by atoms with E-state index in [-0.39, 0.29) is 5.41 Å². The largest absolute Gasteiger partial charge is 0.144 e. The number of aromatic nitrogens is 2. The van der Waals surface area contributed by atoms with Crippen LogP contribution in [-0.2, 0) is 11.8 Å². The third-order valence-corrected chi connectivity index (χ3v) is 3.61. The summed E-state index contributed by atoms with van der Waals surface area (Å²) in [5.74, 6) is 0. The minimum atomic E-state index is 0.137. The van der Waals surface area contributed by atoms with E-state index in [0.29, 0.717) is 5.41 Å². The first-order valence-electron chi connectivity index (χ1n) is 5.51. The average Bonchev–Trinajstić information content (AvgIpc) is 2.45. The lowest BCUT2D eigenvalue weighted by Gasteiger charge is -2.16. The molecule has 1 aromatic rings. The van der Waals surface area contributed by atoms with Crippen molar-refractivity contribution in [2.45, 2.75) is 59.8 Å². The van der Waals surface area contributed by atoms with Gasteiger partial charge in [-0.15, -0.1) is 21.5 Å². The number of rotatable bonds is 2. The highest BCUT2D eigenvalue weighted by Crippen LogP contribution is 2.28. The molecule has 0 unspecified atom stereocenters. The van der Waals surface area contributed by atoms with Gasteiger partial charge in [-0.3, -0.25) is 0 Å². The summed E-state index contributed by atoms with van der Waals surface area (Å²) in [6, 6.07) is 0. The zero-order valence-corrected chi connectivity index (χ0v) is 11.5. The molecule has 0 aliphatic heterocycles. The van der Waals surface area contributed by atoms with Crippen molar-refractivity contribution in [2.75, 3.05) is 0 Å². The van der Waals surface area contributed by atoms with Gasteiger partial charge in [-0.25, -0.2) is 0 Å². The molecule has 0 bridgehead atoms. The topological polar surface area (TPSA) is 25.8 Å². The van der Waals surface area contributed by atoms with Crippen LogP contribution in [0.4, 0.5) is 0 Å². The van der Waals surface area contributed by atoms with Crippen molar-refractivity contribution in [3.8, 4) is 0 Å². The molecule has 0 fully saturated rings. The summed E-state index contributed by atoms with van der Waals surface area (Å²) in [6.07, 6.45) is 2.23. The zero-order chi connectivity index (χ0) is 11.7. The molecule has 1 heterocycles. The van der Waals surface area contributed by atoms with Crippen LogP contribution >= 0.6 is 11.3 Å². The van der Waals surface area contributed by atoms with Gasteiger partial charge in [0.2, 0.25) is 0 Å². The quantitative estimate of drug-likeness (QED) is 0.766. The average molecular weight is 226 g/mol. The Morgan fingerprint density at radius 3 is 2.00 bits per heavy atom. The first-order valence-corrected chi connectivity index (χ1v) is 6.33. The highest BCUT2D eigenvalue weighted by Gasteiger charge is 2.20. The molecule has 0 amide bonds. The van der Waals surface area contributed by atoms with Crippen molar-refractivity contribution in [3.05, 3.63) is 10.0 Å². The van der Waals surface area contributed by atoms with E-state index in [4.69, 9.17) is 0 Å². The molecule has 0 spiro atoms. The Balaban J connectivity index is 2.62. The monoisotopic (exact) mass is 226 g/mol. The molecule has 0 aromatic carbocycles. The Bertz CT molecular complexity index is 315. The van der Waals surface area contributed by atoms with Crippen LogP contribution in [-0.4, -0.2) is 10.2 Å². The van der Waals surface area contributed by atoms with Gasteiger partial charge in [0.15, 0.2) is 0 Å². The van der Waals surface area contributed by atoms with Crippen LogP contribution in [0.5, 0.6) is 0 Å². The van der Waals surface area contributed by atoms with Crippen LogP contribution in [0, 0.1) is 5.41 Å². The van der Waals surface area contributed by atoms with Crippen molar-refractivity contribution in [1.82, 2.24) is 10.2 Å². The number of nitrogens with zero attached hydrogens (tertiary/aromatic N) is 2. The van der Waals surface area contributed by atoms with E-state index in [1.54, 1.807) is 11.3 Å². The van der Waals surface area contributed by atoms with Crippen LogP contribution < -0.4 is 0 Å². The first-order chi connectivity index (χ1) is 6.68. The molecule has 0 radical (unpaired) electrons. The molecular weight excluding hydrogens is 204 g/mol. The summed E-state index contributed by atoms with van der Waals surface area (Å²) in [5, 5.41) is 10.8. The Morgan fingerprint density at radius 2 is 1.60 bits per heavy atom. The lowest BCUT2D eigenvalue weighted by atomic mass is 9.91. The Hall–Kier alpha value is -0.440. The minimum absolute atomic E-state index is 0.137. The molecule has 1 rings (SSSR count).